The summed E-state index contributed by atoms with van der Waals surface area (Å²) >= 11 is 0. The zero-order valence-corrected chi connectivity index (χ0v) is 13.1. The normalized spacial score (nSPS) is 19.7. The zero-order valence-electron chi connectivity index (χ0n) is 13.1. The van der Waals surface area contributed by atoms with Gasteiger partial charge >= 0.3 is 18.2 Å². The molecule has 24 heavy (non-hydrogen) atoms. The number of nitrogens with zero attached hydrogens (tertiary/aromatic N) is 1. The number of likely N-dealkylation sites (tertiary alicyclic amines) is 1. The highest BCUT2D eigenvalue weighted by Crippen LogP contribution is 2.30. The minimum Gasteiger partial charge on any atom is -0.481 e. The summed E-state index contributed by atoms with van der Waals surface area (Å²) in [5.74, 6) is -1.51. The van der Waals surface area contributed by atoms with E-state index in [0.717, 1.165) is 12.1 Å². The van der Waals surface area contributed by atoms with Gasteiger partial charge in [-0.25, -0.2) is 4.79 Å². The number of carboxylic acid groups (broad SMARTS) is 1. The Kier molecular flexibility index (Phi) is 5.36. The lowest BCUT2D eigenvalue weighted by atomic mass is 9.98. The van der Waals surface area contributed by atoms with Crippen molar-refractivity contribution in [3.8, 4) is 0 Å². The molecule has 1 saturated heterocycles. The van der Waals surface area contributed by atoms with Crippen LogP contribution in [0, 0.1) is 5.92 Å². The molecule has 1 aromatic carbocycles. The molecule has 0 spiro atoms. The second-order valence-corrected chi connectivity index (χ2v) is 5.91. The molecule has 1 aromatic rings. The van der Waals surface area contributed by atoms with Crippen molar-refractivity contribution in [2.45, 2.75) is 32.0 Å². The summed E-state index contributed by atoms with van der Waals surface area (Å²) in [6.07, 6.45) is -3.25. The predicted molar refractivity (Wildman–Crippen MR) is 80.3 cm³/mol. The fraction of sp³-hybridized carbons (Fsp3) is 0.500. The molecule has 1 heterocycles. The number of hydrogen-bond acceptors (Lipinski definition) is 2. The molecule has 0 radical (unpaired) electrons. The molecule has 0 bridgehead atoms. The van der Waals surface area contributed by atoms with E-state index in [4.69, 9.17) is 5.11 Å². The van der Waals surface area contributed by atoms with Crippen LogP contribution < -0.4 is 5.32 Å². The molecule has 0 saturated carbocycles. The molecule has 0 aliphatic carbocycles. The average molecular weight is 344 g/mol. The first-order valence-corrected chi connectivity index (χ1v) is 7.64. The number of alkyl halides is 3. The molecular formula is C16H19F3N2O3. The van der Waals surface area contributed by atoms with E-state index < -0.39 is 35.7 Å². The lowest BCUT2D eigenvalue weighted by molar-refractivity contribution is -0.143. The summed E-state index contributed by atoms with van der Waals surface area (Å²) in [6, 6.07) is 3.70. The number of hydrogen-bond donors (Lipinski definition) is 2. The Morgan fingerprint density at radius 1 is 1.29 bits per heavy atom. The Morgan fingerprint density at radius 2 is 1.92 bits per heavy atom. The number of rotatable bonds is 3. The summed E-state index contributed by atoms with van der Waals surface area (Å²) in [5, 5.41) is 11.7. The SMILES string of the molecule is C[C@H](NC(=O)N1CCCC(C(=O)O)C1)c1ccc(C(F)(F)F)cc1. The van der Waals surface area contributed by atoms with Crippen molar-refractivity contribution in [3.63, 3.8) is 0 Å². The monoisotopic (exact) mass is 344 g/mol. The van der Waals surface area contributed by atoms with Gasteiger partial charge in [-0.1, -0.05) is 12.1 Å². The maximum atomic E-state index is 12.6. The third-order valence-corrected chi connectivity index (χ3v) is 4.14. The maximum Gasteiger partial charge on any atom is 0.416 e. The lowest BCUT2D eigenvalue weighted by Crippen LogP contribution is -2.47. The highest BCUT2D eigenvalue weighted by Gasteiger charge is 2.31. The van der Waals surface area contributed by atoms with Crippen molar-refractivity contribution >= 4 is 12.0 Å². The molecule has 1 aliphatic rings. The van der Waals surface area contributed by atoms with E-state index in [-0.39, 0.29) is 6.54 Å². The maximum absolute atomic E-state index is 12.6. The molecule has 2 rings (SSSR count). The van der Waals surface area contributed by atoms with Crippen molar-refractivity contribution in [2.24, 2.45) is 5.92 Å². The number of carbonyl (C=O) groups is 2. The van der Waals surface area contributed by atoms with E-state index in [0.29, 0.717) is 24.9 Å². The fourth-order valence-electron chi connectivity index (χ4n) is 2.68. The van der Waals surface area contributed by atoms with Gasteiger partial charge in [-0.05, 0) is 37.5 Å². The standard InChI is InChI=1S/C16H19F3N2O3/c1-10(11-4-6-13(7-5-11)16(17,18)19)20-15(24)21-8-2-3-12(9-21)14(22)23/h4-7,10,12H,2-3,8-9H2,1H3,(H,20,24)(H,22,23)/t10-,12?/m0/s1. The Balaban J connectivity index is 1.97. The molecule has 1 unspecified atom stereocenters. The van der Waals surface area contributed by atoms with Crippen LogP contribution in [0.25, 0.3) is 0 Å². The largest absolute Gasteiger partial charge is 0.481 e. The number of amides is 2. The second-order valence-electron chi connectivity index (χ2n) is 5.91. The van der Waals surface area contributed by atoms with Crippen LogP contribution >= 0.6 is 0 Å². The molecule has 5 nitrogen and oxygen atoms in total. The van der Waals surface area contributed by atoms with E-state index in [1.807, 2.05) is 0 Å². The number of piperidine rings is 1. The van der Waals surface area contributed by atoms with Crippen LogP contribution in [0.4, 0.5) is 18.0 Å². The summed E-state index contributed by atoms with van der Waals surface area (Å²) in [5.41, 5.74) is -0.201. The van der Waals surface area contributed by atoms with E-state index in [1.54, 1.807) is 6.92 Å². The molecule has 2 amide bonds. The van der Waals surface area contributed by atoms with Crippen LogP contribution in [0.1, 0.15) is 36.9 Å². The predicted octanol–water partition coefficient (Wildman–Crippen LogP) is 3.27. The van der Waals surface area contributed by atoms with Crippen LogP contribution in [-0.2, 0) is 11.0 Å². The Morgan fingerprint density at radius 3 is 2.46 bits per heavy atom. The van der Waals surface area contributed by atoms with Gasteiger partial charge in [0.15, 0.2) is 0 Å². The quantitative estimate of drug-likeness (QED) is 0.884. The van der Waals surface area contributed by atoms with E-state index in [9.17, 15) is 22.8 Å². The highest BCUT2D eigenvalue weighted by atomic mass is 19.4. The summed E-state index contributed by atoms with van der Waals surface area (Å²) in [6.45, 7) is 2.27. The van der Waals surface area contributed by atoms with Gasteiger partial charge in [-0.2, -0.15) is 13.2 Å². The van der Waals surface area contributed by atoms with Gasteiger partial charge in [0, 0.05) is 13.1 Å². The van der Waals surface area contributed by atoms with E-state index >= 15 is 0 Å². The fourth-order valence-corrected chi connectivity index (χ4v) is 2.68. The summed E-state index contributed by atoms with van der Waals surface area (Å²) in [7, 11) is 0. The number of urea groups is 1. The van der Waals surface area contributed by atoms with Crippen LogP contribution in [0.3, 0.4) is 0 Å². The smallest absolute Gasteiger partial charge is 0.416 e. The average Bonchev–Trinajstić information content (AvgIpc) is 2.54. The molecular weight excluding hydrogens is 325 g/mol. The van der Waals surface area contributed by atoms with Crippen LogP contribution in [0.5, 0.6) is 0 Å². The Hall–Kier alpha value is -2.25. The minimum absolute atomic E-state index is 0.140. The van der Waals surface area contributed by atoms with E-state index in [2.05, 4.69) is 5.32 Å². The van der Waals surface area contributed by atoms with Crippen molar-refractivity contribution in [1.82, 2.24) is 10.2 Å². The number of aliphatic carboxylic acids is 1. The Labute approximate surface area is 137 Å². The van der Waals surface area contributed by atoms with Crippen LogP contribution in [0.2, 0.25) is 0 Å². The van der Waals surface area contributed by atoms with Crippen LogP contribution in [0.15, 0.2) is 24.3 Å². The minimum atomic E-state index is -4.40. The molecule has 0 aromatic heterocycles. The van der Waals surface area contributed by atoms with Gasteiger partial charge in [0.25, 0.3) is 0 Å². The zero-order chi connectivity index (χ0) is 17.9. The van der Waals surface area contributed by atoms with Crippen molar-refractivity contribution in [3.05, 3.63) is 35.4 Å². The van der Waals surface area contributed by atoms with Gasteiger partial charge in [0.2, 0.25) is 0 Å². The lowest BCUT2D eigenvalue weighted by Gasteiger charge is -2.31. The molecule has 1 aliphatic heterocycles. The van der Waals surface area contributed by atoms with Gasteiger partial charge in [-0.15, -0.1) is 0 Å². The van der Waals surface area contributed by atoms with Gasteiger partial charge in [0.05, 0.1) is 17.5 Å². The number of carboxylic acids is 1. The van der Waals surface area contributed by atoms with Gasteiger partial charge in [-0.3, -0.25) is 4.79 Å². The number of carbonyl (C=O) groups excluding carboxylic acids is 1. The van der Waals surface area contributed by atoms with Crippen LogP contribution in [-0.4, -0.2) is 35.1 Å². The van der Waals surface area contributed by atoms with Crippen molar-refractivity contribution in [1.29, 1.82) is 0 Å². The molecule has 2 atom stereocenters. The summed E-state index contributed by atoms with van der Waals surface area (Å²) < 4.78 is 37.7. The van der Waals surface area contributed by atoms with Crippen molar-refractivity contribution in [2.75, 3.05) is 13.1 Å². The van der Waals surface area contributed by atoms with E-state index in [1.165, 1.54) is 17.0 Å². The topological polar surface area (TPSA) is 69.6 Å². The first kappa shape index (κ1) is 18.1. The number of benzene rings is 1. The highest BCUT2D eigenvalue weighted by molar-refractivity contribution is 5.77. The van der Waals surface area contributed by atoms with Crippen molar-refractivity contribution < 1.29 is 27.9 Å². The first-order valence-electron chi connectivity index (χ1n) is 7.64. The molecule has 1 fully saturated rings. The summed E-state index contributed by atoms with van der Waals surface area (Å²) in [4.78, 5) is 24.7. The number of halogens is 3. The number of nitrogens with one attached hydrogen (secondary N) is 1. The first-order chi connectivity index (χ1) is 11.2. The molecule has 2 N–H and O–H groups in total. The van der Waals surface area contributed by atoms with Gasteiger partial charge < -0.3 is 15.3 Å². The third kappa shape index (κ3) is 4.39. The van der Waals surface area contributed by atoms with Gasteiger partial charge in [0.1, 0.15) is 0 Å². The third-order valence-electron chi connectivity index (χ3n) is 4.14. The Bertz CT molecular complexity index is 602. The molecule has 132 valence electrons. The molecule has 8 heteroatoms. The second kappa shape index (κ2) is 7.11.